The van der Waals surface area contributed by atoms with E-state index < -0.39 is 41.1 Å². The molecule has 0 unspecified atom stereocenters. The SMILES string of the molecule is C=CC(=O)N1CC2(CCN(C(=O)[C@@H]3COC(C)(C)C[C@@H]3c3ccc(F)cc3Cl)CC2(F)F)C1. The predicted molar refractivity (Wildman–Crippen MR) is 118 cm³/mol. The second kappa shape index (κ2) is 8.31. The van der Waals surface area contributed by atoms with Gasteiger partial charge in [-0.3, -0.25) is 9.59 Å². The molecule has 0 radical (unpaired) electrons. The first-order valence-corrected chi connectivity index (χ1v) is 11.4. The Balaban J connectivity index is 1.53. The van der Waals surface area contributed by atoms with Crippen LogP contribution in [0.4, 0.5) is 13.2 Å². The van der Waals surface area contributed by atoms with E-state index in [1.165, 1.54) is 21.9 Å². The Labute approximate surface area is 196 Å². The van der Waals surface area contributed by atoms with Gasteiger partial charge in [0.05, 0.1) is 30.1 Å². The maximum atomic E-state index is 15.2. The summed E-state index contributed by atoms with van der Waals surface area (Å²) in [5.41, 5.74) is -1.24. The molecule has 4 rings (SSSR count). The van der Waals surface area contributed by atoms with Crippen LogP contribution in [0.3, 0.4) is 0 Å². The third-order valence-electron chi connectivity index (χ3n) is 7.34. The molecule has 1 aromatic rings. The number of rotatable bonds is 3. The van der Waals surface area contributed by atoms with Crippen molar-refractivity contribution < 1.29 is 27.5 Å². The summed E-state index contributed by atoms with van der Waals surface area (Å²) in [7, 11) is 0. The molecule has 3 aliphatic rings. The smallest absolute Gasteiger partial charge is 0.274 e. The molecule has 3 heterocycles. The molecule has 0 N–H and O–H groups in total. The van der Waals surface area contributed by atoms with Gasteiger partial charge >= 0.3 is 0 Å². The van der Waals surface area contributed by atoms with Crippen LogP contribution in [0.25, 0.3) is 0 Å². The summed E-state index contributed by atoms with van der Waals surface area (Å²) >= 11 is 6.31. The Kier molecular flexibility index (Phi) is 6.06. The Morgan fingerprint density at radius 1 is 1.21 bits per heavy atom. The lowest BCUT2D eigenvalue weighted by Gasteiger charge is -2.57. The van der Waals surface area contributed by atoms with Gasteiger partial charge in [0.25, 0.3) is 5.92 Å². The Morgan fingerprint density at radius 3 is 2.52 bits per heavy atom. The molecule has 3 saturated heterocycles. The second-order valence-corrected chi connectivity index (χ2v) is 10.5. The molecule has 2 amide bonds. The van der Waals surface area contributed by atoms with E-state index in [1.54, 1.807) is 6.07 Å². The van der Waals surface area contributed by atoms with Crippen molar-refractivity contribution in [3.8, 4) is 0 Å². The number of benzene rings is 1. The molecule has 5 nitrogen and oxygen atoms in total. The van der Waals surface area contributed by atoms with E-state index in [4.69, 9.17) is 16.3 Å². The molecule has 0 bridgehead atoms. The topological polar surface area (TPSA) is 49.9 Å². The number of likely N-dealkylation sites (tertiary alicyclic amines) is 2. The van der Waals surface area contributed by atoms with E-state index in [-0.39, 0.29) is 49.5 Å². The van der Waals surface area contributed by atoms with Crippen molar-refractivity contribution in [3.63, 3.8) is 0 Å². The summed E-state index contributed by atoms with van der Waals surface area (Å²) in [6.07, 6.45) is 1.67. The van der Waals surface area contributed by atoms with Gasteiger partial charge in [0, 0.05) is 30.6 Å². The van der Waals surface area contributed by atoms with Crippen LogP contribution in [-0.4, -0.2) is 65.9 Å². The number of alkyl halides is 2. The highest BCUT2D eigenvalue weighted by atomic mass is 35.5. The van der Waals surface area contributed by atoms with Gasteiger partial charge in [-0.2, -0.15) is 0 Å². The first-order valence-electron chi connectivity index (χ1n) is 11.0. The first kappa shape index (κ1) is 24.1. The van der Waals surface area contributed by atoms with Crippen molar-refractivity contribution in [2.24, 2.45) is 11.3 Å². The zero-order chi connectivity index (χ0) is 24.2. The lowest BCUT2D eigenvalue weighted by atomic mass is 9.68. The van der Waals surface area contributed by atoms with Crippen molar-refractivity contribution in [1.82, 2.24) is 9.80 Å². The molecule has 33 heavy (non-hydrogen) atoms. The first-order chi connectivity index (χ1) is 15.4. The number of hydrogen-bond donors (Lipinski definition) is 0. The molecule has 3 fully saturated rings. The van der Waals surface area contributed by atoms with Crippen LogP contribution in [0.5, 0.6) is 0 Å². The average Bonchev–Trinajstić information content (AvgIpc) is 2.70. The summed E-state index contributed by atoms with van der Waals surface area (Å²) in [5.74, 6) is -5.48. The molecule has 0 aliphatic carbocycles. The van der Waals surface area contributed by atoms with Crippen LogP contribution >= 0.6 is 11.6 Å². The van der Waals surface area contributed by atoms with Gasteiger partial charge < -0.3 is 14.5 Å². The quantitative estimate of drug-likeness (QED) is 0.602. The van der Waals surface area contributed by atoms with Gasteiger partial charge in [-0.05, 0) is 50.5 Å². The highest BCUT2D eigenvalue weighted by molar-refractivity contribution is 6.31. The van der Waals surface area contributed by atoms with Crippen molar-refractivity contribution in [2.75, 3.05) is 32.8 Å². The predicted octanol–water partition coefficient (Wildman–Crippen LogP) is 4.26. The molecule has 1 aromatic carbocycles. The number of halogens is 4. The zero-order valence-electron chi connectivity index (χ0n) is 18.8. The van der Waals surface area contributed by atoms with E-state index in [1.807, 2.05) is 13.8 Å². The molecular formula is C24H28ClF3N2O3. The number of piperidine rings is 1. The van der Waals surface area contributed by atoms with Crippen molar-refractivity contribution in [2.45, 2.75) is 44.1 Å². The van der Waals surface area contributed by atoms with Crippen molar-refractivity contribution in [3.05, 3.63) is 47.3 Å². The molecule has 180 valence electrons. The summed E-state index contributed by atoms with van der Waals surface area (Å²) in [6, 6.07) is 4.05. The summed E-state index contributed by atoms with van der Waals surface area (Å²) in [5, 5.41) is 0.208. The molecule has 1 spiro atoms. The zero-order valence-corrected chi connectivity index (χ0v) is 19.5. The van der Waals surface area contributed by atoms with Crippen LogP contribution in [0.2, 0.25) is 5.02 Å². The Hall–Kier alpha value is -2.06. The minimum atomic E-state index is -3.13. The van der Waals surface area contributed by atoms with Crippen LogP contribution in [0.1, 0.15) is 38.2 Å². The highest BCUT2D eigenvalue weighted by Crippen LogP contribution is 2.51. The Bertz CT molecular complexity index is 978. The van der Waals surface area contributed by atoms with Crippen molar-refractivity contribution >= 4 is 23.4 Å². The molecule has 2 atom stereocenters. The third-order valence-corrected chi connectivity index (χ3v) is 7.67. The summed E-state index contributed by atoms with van der Waals surface area (Å²) in [4.78, 5) is 27.8. The van der Waals surface area contributed by atoms with Gasteiger partial charge in [-0.25, -0.2) is 13.2 Å². The molecule has 9 heteroatoms. The average molecular weight is 485 g/mol. The molecule has 3 aliphatic heterocycles. The second-order valence-electron chi connectivity index (χ2n) is 10.0. The third kappa shape index (κ3) is 4.28. The molecule has 0 saturated carbocycles. The van der Waals surface area contributed by atoms with Crippen LogP contribution in [0, 0.1) is 17.2 Å². The summed E-state index contributed by atoms with van der Waals surface area (Å²) < 4.78 is 49.9. The maximum absolute atomic E-state index is 15.2. The van der Waals surface area contributed by atoms with Crippen molar-refractivity contribution in [1.29, 1.82) is 0 Å². The summed E-state index contributed by atoms with van der Waals surface area (Å²) in [6.45, 7) is 6.65. The largest absolute Gasteiger partial charge is 0.375 e. The van der Waals surface area contributed by atoms with Gasteiger partial charge in [0.1, 0.15) is 5.82 Å². The van der Waals surface area contributed by atoms with Crippen LogP contribution in [0.15, 0.2) is 30.9 Å². The van der Waals surface area contributed by atoms with Gasteiger partial charge in [-0.15, -0.1) is 0 Å². The van der Waals surface area contributed by atoms with Gasteiger partial charge in [-0.1, -0.05) is 24.2 Å². The number of nitrogens with zero attached hydrogens (tertiary/aromatic N) is 2. The van der Waals surface area contributed by atoms with Crippen LogP contribution < -0.4 is 0 Å². The fraction of sp³-hybridized carbons (Fsp3) is 0.583. The van der Waals surface area contributed by atoms with Crippen LogP contribution in [-0.2, 0) is 14.3 Å². The number of ether oxygens (including phenoxy) is 1. The monoisotopic (exact) mass is 484 g/mol. The standard InChI is InChI=1S/C24H28ClF3N2O3/c1-4-20(31)30-12-23(13-30)7-8-29(14-24(23,27)28)21(32)18-11-33-22(2,3)10-17(18)16-6-5-15(26)9-19(16)25/h4-6,9,17-18H,1,7-8,10-14H2,2-3H3/t17-,18-/m1/s1. The van der Waals surface area contributed by atoms with E-state index in [0.717, 1.165) is 6.08 Å². The highest BCUT2D eigenvalue weighted by Gasteiger charge is 2.64. The normalized spacial score (nSPS) is 27.7. The Morgan fingerprint density at radius 2 is 1.91 bits per heavy atom. The minimum absolute atomic E-state index is 0.0403. The van der Waals surface area contributed by atoms with E-state index in [9.17, 15) is 14.0 Å². The lowest BCUT2D eigenvalue weighted by molar-refractivity contribution is -0.224. The number of carbonyl (C=O) groups excluding carboxylic acids is 2. The molecule has 0 aromatic heterocycles. The van der Waals surface area contributed by atoms with E-state index in [0.29, 0.717) is 12.0 Å². The van der Waals surface area contributed by atoms with Gasteiger partial charge in [0.15, 0.2) is 0 Å². The minimum Gasteiger partial charge on any atom is -0.375 e. The maximum Gasteiger partial charge on any atom is 0.274 e. The number of hydrogen-bond acceptors (Lipinski definition) is 3. The fourth-order valence-corrected chi connectivity index (χ4v) is 5.64. The lowest BCUT2D eigenvalue weighted by Crippen LogP contribution is -2.71. The number of amides is 2. The van der Waals surface area contributed by atoms with E-state index in [2.05, 4.69) is 6.58 Å². The number of carbonyl (C=O) groups is 2. The van der Waals surface area contributed by atoms with E-state index >= 15 is 8.78 Å². The van der Waals surface area contributed by atoms with Gasteiger partial charge in [0.2, 0.25) is 11.8 Å². The molecular weight excluding hydrogens is 457 g/mol. The fourth-order valence-electron chi connectivity index (χ4n) is 5.33.